The molecular weight excluding hydrogens is 422 g/mol. The molecule has 0 aliphatic carbocycles. The summed E-state index contributed by atoms with van der Waals surface area (Å²) in [7, 11) is -0.540. The monoisotopic (exact) mass is 445 g/mol. The van der Waals surface area contributed by atoms with Gasteiger partial charge < -0.3 is 9.64 Å². The molecule has 0 saturated carbocycles. The van der Waals surface area contributed by atoms with E-state index in [0.717, 1.165) is 15.2 Å². The minimum absolute atomic E-state index is 0.164. The van der Waals surface area contributed by atoms with Crippen molar-refractivity contribution >= 4 is 37.5 Å². The average Bonchev–Trinajstić information content (AvgIpc) is 3.40. The molecule has 2 aromatic carbocycles. The Hall–Kier alpha value is -2.49. The number of sulfonamides is 1. The van der Waals surface area contributed by atoms with Crippen molar-refractivity contribution in [3.05, 3.63) is 53.5 Å². The van der Waals surface area contributed by atoms with E-state index in [4.69, 9.17) is 4.74 Å². The second-order valence-corrected chi connectivity index (χ2v) is 10.2. The molecule has 1 fully saturated rings. The first-order chi connectivity index (χ1) is 14.4. The highest BCUT2D eigenvalue weighted by Crippen LogP contribution is 2.29. The zero-order valence-electron chi connectivity index (χ0n) is 16.8. The lowest BCUT2D eigenvalue weighted by molar-refractivity contribution is -0.133. The van der Waals surface area contributed by atoms with Crippen molar-refractivity contribution in [2.75, 3.05) is 20.7 Å². The Morgan fingerprint density at radius 2 is 1.97 bits per heavy atom. The van der Waals surface area contributed by atoms with Crippen molar-refractivity contribution in [3.63, 3.8) is 0 Å². The molecule has 1 amide bonds. The number of likely N-dealkylation sites (N-methyl/N-ethyl adjacent to an activating group) is 1. The largest absolute Gasteiger partial charge is 0.497 e. The van der Waals surface area contributed by atoms with Crippen LogP contribution in [-0.2, 0) is 21.4 Å². The van der Waals surface area contributed by atoms with Crippen LogP contribution in [0.1, 0.15) is 17.8 Å². The number of nitrogens with zero attached hydrogens (tertiary/aromatic N) is 3. The fourth-order valence-corrected chi connectivity index (χ4v) is 6.35. The van der Waals surface area contributed by atoms with Crippen LogP contribution in [0.2, 0.25) is 0 Å². The van der Waals surface area contributed by atoms with Crippen molar-refractivity contribution in [2.24, 2.45) is 0 Å². The van der Waals surface area contributed by atoms with Gasteiger partial charge in [0.1, 0.15) is 16.8 Å². The molecule has 2 heterocycles. The summed E-state index contributed by atoms with van der Waals surface area (Å²) in [6.45, 7) is 0.685. The van der Waals surface area contributed by atoms with Crippen molar-refractivity contribution in [1.29, 1.82) is 0 Å². The van der Waals surface area contributed by atoms with Gasteiger partial charge in [0, 0.05) is 13.6 Å². The zero-order chi connectivity index (χ0) is 21.3. The Morgan fingerprint density at radius 3 is 2.67 bits per heavy atom. The van der Waals surface area contributed by atoms with E-state index in [0.29, 0.717) is 31.7 Å². The molecule has 0 bridgehead atoms. The number of aromatic nitrogens is 1. The molecule has 3 aromatic rings. The van der Waals surface area contributed by atoms with Crippen LogP contribution in [-0.4, -0.2) is 55.3 Å². The van der Waals surface area contributed by atoms with E-state index < -0.39 is 16.1 Å². The molecule has 0 N–H and O–H groups in total. The maximum absolute atomic E-state index is 13.2. The lowest BCUT2D eigenvalue weighted by Crippen LogP contribution is -2.46. The number of carbonyl (C=O) groups is 1. The van der Waals surface area contributed by atoms with Gasteiger partial charge in [0.05, 0.1) is 28.8 Å². The Balaban J connectivity index is 1.52. The molecule has 9 heteroatoms. The lowest BCUT2D eigenvalue weighted by atomic mass is 10.2. The normalized spacial score (nSPS) is 17.3. The number of methoxy groups -OCH3 is 1. The van der Waals surface area contributed by atoms with Gasteiger partial charge >= 0.3 is 0 Å². The SMILES string of the molecule is COc1ccc(S(=O)(=O)N2CCC[C@@H]2C(=O)N(C)Cc2nc3ccccc3s2)cc1. The van der Waals surface area contributed by atoms with Gasteiger partial charge in [-0.15, -0.1) is 11.3 Å². The molecule has 4 rings (SSSR count). The van der Waals surface area contributed by atoms with Crippen LogP contribution in [0.25, 0.3) is 10.2 Å². The lowest BCUT2D eigenvalue weighted by Gasteiger charge is -2.27. The number of thiazole rings is 1. The van der Waals surface area contributed by atoms with Crippen LogP contribution in [0.15, 0.2) is 53.4 Å². The molecule has 7 nitrogen and oxygen atoms in total. The smallest absolute Gasteiger partial charge is 0.243 e. The first-order valence-corrected chi connectivity index (χ1v) is 11.9. The number of amides is 1. The van der Waals surface area contributed by atoms with Crippen LogP contribution in [0, 0.1) is 0 Å². The number of carbonyl (C=O) groups excluding carboxylic acids is 1. The summed E-state index contributed by atoms with van der Waals surface area (Å²) in [6, 6.07) is 13.4. The quantitative estimate of drug-likeness (QED) is 0.582. The minimum Gasteiger partial charge on any atom is -0.497 e. The number of hydrogen-bond acceptors (Lipinski definition) is 6. The number of ether oxygens (including phenoxy) is 1. The third-order valence-electron chi connectivity index (χ3n) is 5.24. The Morgan fingerprint density at radius 1 is 1.23 bits per heavy atom. The molecule has 1 saturated heterocycles. The Labute approximate surface area is 179 Å². The van der Waals surface area contributed by atoms with Gasteiger partial charge in [0.25, 0.3) is 0 Å². The Kier molecular flexibility index (Phi) is 5.77. The van der Waals surface area contributed by atoms with Crippen molar-refractivity contribution in [2.45, 2.75) is 30.3 Å². The number of hydrogen-bond donors (Lipinski definition) is 0. The summed E-state index contributed by atoms with van der Waals surface area (Å²) in [5, 5.41) is 0.828. The van der Waals surface area contributed by atoms with Gasteiger partial charge in [-0.25, -0.2) is 13.4 Å². The van der Waals surface area contributed by atoms with Crippen LogP contribution >= 0.6 is 11.3 Å². The van der Waals surface area contributed by atoms with Crippen LogP contribution in [0.5, 0.6) is 5.75 Å². The highest BCUT2D eigenvalue weighted by atomic mass is 32.2. The molecule has 1 aliphatic heterocycles. The molecule has 158 valence electrons. The number of para-hydroxylation sites is 1. The van der Waals surface area contributed by atoms with Crippen molar-refractivity contribution < 1.29 is 17.9 Å². The molecule has 0 radical (unpaired) electrons. The van der Waals surface area contributed by atoms with Gasteiger partial charge in [-0.05, 0) is 49.2 Å². The number of benzene rings is 2. The molecule has 0 unspecified atom stereocenters. The van der Waals surface area contributed by atoms with Crippen molar-refractivity contribution in [1.82, 2.24) is 14.2 Å². The van der Waals surface area contributed by atoms with Crippen LogP contribution in [0.3, 0.4) is 0 Å². The highest BCUT2D eigenvalue weighted by molar-refractivity contribution is 7.89. The third kappa shape index (κ3) is 3.92. The molecule has 30 heavy (non-hydrogen) atoms. The van der Waals surface area contributed by atoms with Crippen LogP contribution in [0.4, 0.5) is 0 Å². The molecule has 1 aliphatic rings. The van der Waals surface area contributed by atoms with E-state index in [2.05, 4.69) is 4.98 Å². The number of rotatable bonds is 6. The maximum Gasteiger partial charge on any atom is 0.243 e. The summed E-state index contributed by atoms with van der Waals surface area (Å²) >= 11 is 1.54. The molecular formula is C21H23N3O4S2. The summed E-state index contributed by atoms with van der Waals surface area (Å²) in [5.41, 5.74) is 0.905. The fraction of sp³-hybridized carbons (Fsp3) is 0.333. The molecule has 1 atom stereocenters. The summed E-state index contributed by atoms with van der Waals surface area (Å²) in [4.78, 5) is 19.4. The van der Waals surface area contributed by atoms with E-state index in [1.165, 1.54) is 23.5 Å². The summed E-state index contributed by atoms with van der Waals surface area (Å²) in [6.07, 6.45) is 1.17. The fourth-order valence-electron chi connectivity index (χ4n) is 3.68. The average molecular weight is 446 g/mol. The third-order valence-corrected chi connectivity index (χ3v) is 8.19. The van der Waals surface area contributed by atoms with E-state index >= 15 is 0 Å². The van der Waals surface area contributed by atoms with Gasteiger partial charge in [0.15, 0.2) is 0 Å². The summed E-state index contributed by atoms with van der Waals surface area (Å²) < 4.78 is 33.8. The number of fused-ring (bicyclic) bond motifs is 1. The predicted molar refractivity (Wildman–Crippen MR) is 116 cm³/mol. The van der Waals surface area contributed by atoms with E-state index in [1.807, 2.05) is 24.3 Å². The summed E-state index contributed by atoms with van der Waals surface area (Å²) in [5.74, 6) is 0.377. The molecule has 1 aromatic heterocycles. The standard InChI is InChI=1S/C21H23N3O4S2/c1-23(14-20-22-17-6-3-4-8-19(17)29-20)21(25)18-7-5-13-24(18)30(26,27)16-11-9-15(28-2)10-12-16/h3-4,6,8-12,18H,5,7,13-14H2,1-2H3/t18-/m1/s1. The topological polar surface area (TPSA) is 79.8 Å². The second kappa shape index (κ2) is 8.33. The second-order valence-electron chi connectivity index (χ2n) is 7.22. The zero-order valence-corrected chi connectivity index (χ0v) is 18.4. The predicted octanol–water partition coefficient (Wildman–Crippen LogP) is 3.12. The highest BCUT2D eigenvalue weighted by Gasteiger charge is 2.40. The van der Waals surface area contributed by atoms with E-state index in [-0.39, 0.29) is 10.8 Å². The van der Waals surface area contributed by atoms with E-state index in [1.54, 1.807) is 35.4 Å². The Bertz CT molecular complexity index is 1130. The first-order valence-electron chi connectivity index (χ1n) is 9.65. The van der Waals surface area contributed by atoms with Gasteiger partial charge in [0.2, 0.25) is 15.9 Å². The van der Waals surface area contributed by atoms with Crippen LogP contribution < -0.4 is 4.74 Å². The van der Waals surface area contributed by atoms with Gasteiger partial charge in [-0.1, -0.05) is 12.1 Å². The van der Waals surface area contributed by atoms with Gasteiger partial charge in [-0.2, -0.15) is 4.31 Å². The maximum atomic E-state index is 13.2. The van der Waals surface area contributed by atoms with Gasteiger partial charge in [-0.3, -0.25) is 4.79 Å². The first kappa shape index (κ1) is 20.8. The molecule has 0 spiro atoms. The minimum atomic E-state index is -3.77. The van der Waals surface area contributed by atoms with E-state index in [9.17, 15) is 13.2 Å². The van der Waals surface area contributed by atoms with Crippen molar-refractivity contribution in [3.8, 4) is 5.75 Å².